The molecule has 0 N–H and O–H groups in total. The Morgan fingerprint density at radius 2 is 2.27 bits per heavy atom. The van der Waals surface area contributed by atoms with Gasteiger partial charge in [-0.2, -0.15) is 0 Å². The lowest BCUT2D eigenvalue weighted by atomic mass is 10.2. The molecule has 2 heterocycles. The van der Waals surface area contributed by atoms with Gasteiger partial charge in [0.1, 0.15) is 0 Å². The van der Waals surface area contributed by atoms with Crippen LogP contribution in [-0.4, -0.2) is 47.9 Å². The first kappa shape index (κ1) is 7.10. The van der Waals surface area contributed by atoms with Crippen LogP contribution in [0.5, 0.6) is 0 Å². The van der Waals surface area contributed by atoms with Gasteiger partial charge in [-0.15, -0.1) is 0 Å². The molecule has 1 amide bonds. The van der Waals surface area contributed by atoms with E-state index in [1.807, 2.05) is 4.90 Å². The fraction of sp³-hybridized carbons (Fsp3) is 0.875. The highest BCUT2D eigenvalue weighted by molar-refractivity contribution is 5.49. The number of rotatable bonds is 2. The van der Waals surface area contributed by atoms with Gasteiger partial charge in [-0.25, -0.2) is 0 Å². The van der Waals surface area contributed by atoms with Gasteiger partial charge in [0.25, 0.3) is 0 Å². The molecule has 2 aliphatic rings. The third kappa shape index (κ3) is 0.948. The lowest BCUT2D eigenvalue weighted by Gasteiger charge is -2.30. The third-order valence-corrected chi connectivity index (χ3v) is 2.94. The third-order valence-electron chi connectivity index (χ3n) is 2.94. The number of piperazine rings is 1. The van der Waals surface area contributed by atoms with E-state index in [2.05, 4.69) is 11.8 Å². The van der Waals surface area contributed by atoms with Crippen LogP contribution in [0.15, 0.2) is 0 Å². The molecule has 62 valence electrons. The van der Waals surface area contributed by atoms with Crippen LogP contribution in [0.1, 0.15) is 13.3 Å². The summed E-state index contributed by atoms with van der Waals surface area (Å²) >= 11 is 0. The number of carbonyl (C=O) groups is 1. The molecule has 0 aromatic rings. The normalized spacial score (nSPS) is 36.6. The molecule has 2 saturated heterocycles. The van der Waals surface area contributed by atoms with Crippen molar-refractivity contribution in [3.8, 4) is 0 Å². The smallest absolute Gasteiger partial charge is 0.210 e. The molecule has 0 aromatic carbocycles. The largest absolute Gasteiger partial charge is 0.339 e. The fourth-order valence-corrected chi connectivity index (χ4v) is 2.30. The Morgan fingerprint density at radius 3 is 2.73 bits per heavy atom. The number of nitrogens with zero attached hydrogens (tertiary/aromatic N) is 2. The van der Waals surface area contributed by atoms with Crippen molar-refractivity contribution in [3.05, 3.63) is 0 Å². The van der Waals surface area contributed by atoms with Crippen molar-refractivity contribution < 1.29 is 4.79 Å². The number of likely N-dealkylation sites (N-methyl/N-ethyl adjacent to an activating group) is 1. The Kier molecular flexibility index (Phi) is 1.60. The minimum Gasteiger partial charge on any atom is -0.339 e. The van der Waals surface area contributed by atoms with Gasteiger partial charge in [-0.3, -0.25) is 9.69 Å². The maximum Gasteiger partial charge on any atom is 0.210 e. The second-order valence-corrected chi connectivity index (χ2v) is 3.43. The molecule has 0 spiro atoms. The number of hydrogen-bond donors (Lipinski definition) is 0. The van der Waals surface area contributed by atoms with Crippen LogP contribution in [0.4, 0.5) is 0 Å². The van der Waals surface area contributed by atoms with Crippen molar-refractivity contribution >= 4 is 6.41 Å². The highest BCUT2D eigenvalue weighted by atomic mass is 16.1. The molecule has 0 radical (unpaired) electrons. The highest BCUT2D eigenvalue weighted by Crippen LogP contribution is 2.28. The Labute approximate surface area is 67.0 Å². The van der Waals surface area contributed by atoms with Crippen LogP contribution in [0, 0.1) is 0 Å². The Morgan fingerprint density at radius 1 is 1.45 bits per heavy atom. The number of likely N-dealkylation sites (tertiary alicyclic amines) is 2. The predicted molar refractivity (Wildman–Crippen MR) is 42.2 cm³/mol. The lowest BCUT2D eigenvalue weighted by molar-refractivity contribution is -0.120. The maximum absolute atomic E-state index is 10.5. The lowest BCUT2D eigenvalue weighted by Crippen LogP contribution is -2.45. The summed E-state index contributed by atoms with van der Waals surface area (Å²) < 4.78 is 0. The summed E-state index contributed by atoms with van der Waals surface area (Å²) in [5, 5.41) is 0. The van der Waals surface area contributed by atoms with Crippen LogP contribution < -0.4 is 0 Å². The van der Waals surface area contributed by atoms with E-state index in [1.165, 1.54) is 6.42 Å². The summed E-state index contributed by atoms with van der Waals surface area (Å²) in [4.78, 5) is 14.9. The molecule has 2 fully saturated rings. The molecule has 3 nitrogen and oxygen atoms in total. The van der Waals surface area contributed by atoms with E-state index in [0.717, 1.165) is 26.0 Å². The standard InChI is InChI=1S/C8H14N2O/c1-2-9-4-8-3-7(9)5-10(8)6-11/h6-8H,2-5H2,1H3. The Balaban J connectivity index is 2.02. The molecule has 2 unspecified atom stereocenters. The molecule has 0 aromatic heterocycles. The molecule has 2 atom stereocenters. The average Bonchev–Trinajstić information content (AvgIpc) is 2.60. The van der Waals surface area contributed by atoms with Crippen LogP contribution in [-0.2, 0) is 4.79 Å². The zero-order valence-electron chi connectivity index (χ0n) is 6.86. The van der Waals surface area contributed by atoms with Gasteiger partial charge in [0, 0.05) is 25.2 Å². The van der Waals surface area contributed by atoms with Gasteiger partial charge < -0.3 is 4.90 Å². The van der Waals surface area contributed by atoms with Gasteiger partial charge in [0.15, 0.2) is 0 Å². The summed E-state index contributed by atoms with van der Waals surface area (Å²) in [5.74, 6) is 0. The summed E-state index contributed by atoms with van der Waals surface area (Å²) in [6.45, 7) is 5.38. The number of fused-ring (bicyclic) bond motifs is 2. The van der Waals surface area contributed by atoms with Crippen molar-refractivity contribution in [3.63, 3.8) is 0 Å². The summed E-state index contributed by atoms with van der Waals surface area (Å²) in [6.07, 6.45) is 2.20. The molecular formula is C8H14N2O. The second kappa shape index (κ2) is 2.48. The van der Waals surface area contributed by atoms with Crippen LogP contribution in [0.2, 0.25) is 0 Å². The van der Waals surface area contributed by atoms with Crippen LogP contribution >= 0.6 is 0 Å². The predicted octanol–water partition coefficient (Wildman–Crippen LogP) is -0.0788. The zero-order chi connectivity index (χ0) is 7.84. The number of amides is 1. The number of carbonyl (C=O) groups excluding carboxylic acids is 1. The Hall–Kier alpha value is -0.570. The average molecular weight is 154 g/mol. The van der Waals surface area contributed by atoms with Gasteiger partial charge in [-0.05, 0) is 13.0 Å². The zero-order valence-corrected chi connectivity index (χ0v) is 6.86. The van der Waals surface area contributed by atoms with Crippen molar-refractivity contribution in [1.82, 2.24) is 9.80 Å². The minimum atomic E-state index is 0.525. The van der Waals surface area contributed by atoms with E-state index in [0.29, 0.717) is 12.1 Å². The number of hydrogen-bond acceptors (Lipinski definition) is 2. The van der Waals surface area contributed by atoms with E-state index in [4.69, 9.17) is 0 Å². The first-order chi connectivity index (χ1) is 5.35. The quantitative estimate of drug-likeness (QED) is 0.519. The summed E-state index contributed by atoms with van der Waals surface area (Å²) in [5.41, 5.74) is 0. The van der Waals surface area contributed by atoms with E-state index < -0.39 is 0 Å². The van der Waals surface area contributed by atoms with Crippen LogP contribution in [0.3, 0.4) is 0 Å². The molecule has 0 saturated carbocycles. The van der Waals surface area contributed by atoms with Gasteiger partial charge in [0.05, 0.1) is 0 Å². The minimum absolute atomic E-state index is 0.525. The van der Waals surface area contributed by atoms with Crippen molar-refractivity contribution in [1.29, 1.82) is 0 Å². The molecule has 2 bridgehead atoms. The molecule has 2 aliphatic heterocycles. The van der Waals surface area contributed by atoms with Gasteiger partial charge in [0.2, 0.25) is 6.41 Å². The van der Waals surface area contributed by atoms with Crippen molar-refractivity contribution in [2.24, 2.45) is 0 Å². The highest BCUT2D eigenvalue weighted by Gasteiger charge is 2.41. The van der Waals surface area contributed by atoms with Crippen molar-refractivity contribution in [2.75, 3.05) is 19.6 Å². The first-order valence-electron chi connectivity index (χ1n) is 4.30. The van der Waals surface area contributed by atoms with Crippen molar-refractivity contribution in [2.45, 2.75) is 25.4 Å². The topological polar surface area (TPSA) is 23.6 Å². The Bertz CT molecular complexity index is 171. The monoisotopic (exact) mass is 154 g/mol. The van der Waals surface area contributed by atoms with Gasteiger partial charge >= 0.3 is 0 Å². The molecule has 0 aliphatic carbocycles. The van der Waals surface area contributed by atoms with E-state index in [9.17, 15) is 4.79 Å². The molecular weight excluding hydrogens is 140 g/mol. The van der Waals surface area contributed by atoms with E-state index in [-0.39, 0.29) is 0 Å². The van der Waals surface area contributed by atoms with E-state index in [1.54, 1.807) is 0 Å². The summed E-state index contributed by atoms with van der Waals surface area (Å²) in [6, 6.07) is 1.19. The van der Waals surface area contributed by atoms with E-state index >= 15 is 0 Å². The van der Waals surface area contributed by atoms with Gasteiger partial charge in [-0.1, -0.05) is 6.92 Å². The SMILES string of the molecule is CCN1CC2CC1CN2C=O. The fourth-order valence-electron chi connectivity index (χ4n) is 2.30. The molecule has 3 heteroatoms. The molecule has 2 rings (SSSR count). The summed E-state index contributed by atoms with van der Waals surface area (Å²) in [7, 11) is 0. The first-order valence-corrected chi connectivity index (χ1v) is 4.30. The van der Waals surface area contributed by atoms with Crippen LogP contribution in [0.25, 0.3) is 0 Å². The molecule has 11 heavy (non-hydrogen) atoms. The second-order valence-electron chi connectivity index (χ2n) is 3.43. The maximum atomic E-state index is 10.5.